The van der Waals surface area contributed by atoms with Crippen LogP contribution in [0.1, 0.15) is 25.8 Å². The lowest BCUT2D eigenvalue weighted by Gasteiger charge is -2.17. The van der Waals surface area contributed by atoms with Crippen molar-refractivity contribution < 1.29 is 4.42 Å². The van der Waals surface area contributed by atoms with Crippen LogP contribution in [0.25, 0.3) is 0 Å². The van der Waals surface area contributed by atoms with Gasteiger partial charge < -0.3 is 4.42 Å². The molecule has 1 fully saturated rings. The van der Waals surface area contributed by atoms with E-state index in [1.54, 1.807) is 6.26 Å². The van der Waals surface area contributed by atoms with Crippen LogP contribution in [-0.4, -0.2) is 18.0 Å². The van der Waals surface area contributed by atoms with E-state index in [4.69, 9.17) is 4.42 Å². The van der Waals surface area contributed by atoms with Gasteiger partial charge in [0.25, 0.3) is 0 Å². The van der Waals surface area contributed by atoms with Gasteiger partial charge in [-0.05, 0) is 24.9 Å². The van der Waals surface area contributed by atoms with Crippen molar-refractivity contribution in [2.45, 2.75) is 32.9 Å². The Bertz CT molecular complexity index is 276. The molecule has 72 valence electrons. The topological polar surface area (TPSA) is 16.4 Å². The van der Waals surface area contributed by atoms with Gasteiger partial charge in [-0.1, -0.05) is 13.8 Å². The van der Waals surface area contributed by atoms with Gasteiger partial charge in [-0.15, -0.1) is 0 Å². The fraction of sp³-hybridized carbons (Fsp3) is 0.636. The van der Waals surface area contributed by atoms with Crippen molar-refractivity contribution in [1.29, 1.82) is 0 Å². The van der Waals surface area contributed by atoms with Gasteiger partial charge in [-0.3, -0.25) is 4.90 Å². The zero-order valence-corrected chi connectivity index (χ0v) is 8.58. The van der Waals surface area contributed by atoms with Gasteiger partial charge in [0.1, 0.15) is 0 Å². The van der Waals surface area contributed by atoms with Crippen LogP contribution in [0.15, 0.2) is 23.0 Å². The van der Waals surface area contributed by atoms with Crippen molar-refractivity contribution in [2.75, 3.05) is 7.05 Å². The van der Waals surface area contributed by atoms with E-state index < -0.39 is 0 Å². The number of rotatable bonds is 3. The molecule has 1 aromatic rings. The van der Waals surface area contributed by atoms with E-state index in [9.17, 15) is 0 Å². The Morgan fingerprint density at radius 2 is 2.31 bits per heavy atom. The molecule has 1 aliphatic carbocycles. The number of furan rings is 1. The maximum absolute atomic E-state index is 5.04. The van der Waals surface area contributed by atoms with Crippen LogP contribution in [0.4, 0.5) is 0 Å². The fourth-order valence-corrected chi connectivity index (χ4v) is 1.97. The van der Waals surface area contributed by atoms with Crippen molar-refractivity contribution >= 4 is 0 Å². The Balaban J connectivity index is 1.90. The molecule has 0 aromatic carbocycles. The highest BCUT2D eigenvalue weighted by atomic mass is 16.3. The molecule has 0 bridgehead atoms. The summed E-state index contributed by atoms with van der Waals surface area (Å²) in [5, 5.41) is 0. The first kappa shape index (κ1) is 8.82. The summed E-state index contributed by atoms with van der Waals surface area (Å²) in [5.41, 5.74) is 1.79. The molecule has 1 saturated carbocycles. The Morgan fingerprint density at radius 1 is 1.62 bits per heavy atom. The molecule has 13 heavy (non-hydrogen) atoms. The normalized spacial score (nSPS) is 25.1. The van der Waals surface area contributed by atoms with Crippen molar-refractivity contribution in [3.63, 3.8) is 0 Å². The van der Waals surface area contributed by atoms with Gasteiger partial charge in [0.15, 0.2) is 0 Å². The summed E-state index contributed by atoms with van der Waals surface area (Å²) in [7, 11) is 2.19. The molecule has 1 aliphatic rings. The lowest BCUT2D eigenvalue weighted by molar-refractivity contribution is 0.279. The van der Waals surface area contributed by atoms with Crippen LogP contribution in [0.5, 0.6) is 0 Å². The highest BCUT2D eigenvalue weighted by Gasteiger charge is 2.47. The third kappa shape index (κ3) is 1.78. The summed E-state index contributed by atoms with van der Waals surface area (Å²) in [6.07, 6.45) is 4.88. The molecule has 2 nitrogen and oxygen atoms in total. The number of hydrogen-bond acceptors (Lipinski definition) is 2. The second kappa shape index (κ2) is 2.88. The predicted octanol–water partition coefficient (Wildman–Crippen LogP) is 2.51. The first-order chi connectivity index (χ1) is 6.09. The zero-order chi connectivity index (χ0) is 9.47. The monoisotopic (exact) mass is 179 g/mol. The van der Waals surface area contributed by atoms with E-state index in [1.807, 2.05) is 12.3 Å². The zero-order valence-electron chi connectivity index (χ0n) is 8.58. The molecule has 1 atom stereocenters. The van der Waals surface area contributed by atoms with Crippen molar-refractivity contribution in [3.05, 3.63) is 24.2 Å². The minimum absolute atomic E-state index is 0.526. The molecule has 1 heterocycles. The first-order valence-corrected chi connectivity index (χ1v) is 4.81. The highest BCUT2D eigenvalue weighted by Crippen LogP contribution is 2.48. The Labute approximate surface area is 79.5 Å². The summed E-state index contributed by atoms with van der Waals surface area (Å²) >= 11 is 0. The minimum atomic E-state index is 0.526. The number of nitrogens with zero attached hydrogens (tertiary/aromatic N) is 1. The maximum Gasteiger partial charge on any atom is 0.0947 e. The Morgan fingerprint density at radius 3 is 2.77 bits per heavy atom. The standard InChI is InChI=1S/C11H17NO/c1-11(2)6-10(11)12(3)7-9-4-5-13-8-9/h4-5,8,10H,6-7H2,1-3H3. The van der Waals surface area contributed by atoms with Gasteiger partial charge in [-0.2, -0.15) is 0 Å². The Kier molecular flexibility index (Phi) is 1.95. The fourth-order valence-electron chi connectivity index (χ4n) is 1.97. The molecule has 0 spiro atoms. The average Bonchev–Trinajstić information content (AvgIpc) is 2.49. The lowest BCUT2D eigenvalue weighted by atomic mass is 10.2. The summed E-state index contributed by atoms with van der Waals surface area (Å²) in [6.45, 7) is 5.65. The molecule has 0 saturated heterocycles. The molecule has 0 N–H and O–H groups in total. The highest BCUT2D eigenvalue weighted by molar-refractivity contribution is 5.08. The van der Waals surface area contributed by atoms with Crippen LogP contribution in [0, 0.1) is 5.41 Å². The number of hydrogen-bond donors (Lipinski definition) is 0. The minimum Gasteiger partial charge on any atom is -0.472 e. The van der Waals surface area contributed by atoms with E-state index in [1.165, 1.54) is 12.0 Å². The molecule has 2 rings (SSSR count). The van der Waals surface area contributed by atoms with E-state index in [2.05, 4.69) is 25.8 Å². The van der Waals surface area contributed by atoms with Gasteiger partial charge in [0, 0.05) is 18.2 Å². The van der Waals surface area contributed by atoms with Gasteiger partial charge in [-0.25, -0.2) is 0 Å². The molecule has 0 radical (unpaired) electrons. The van der Waals surface area contributed by atoms with Gasteiger partial charge in [0.2, 0.25) is 0 Å². The maximum atomic E-state index is 5.04. The van der Waals surface area contributed by atoms with Crippen molar-refractivity contribution in [1.82, 2.24) is 4.90 Å². The third-order valence-corrected chi connectivity index (χ3v) is 3.01. The third-order valence-electron chi connectivity index (χ3n) is 3.01. The van der Waals surface area contributed by atoms with E-state index in [-0.39, 0.29) is 0 Å². The molecular formula is C11H17NO. The summed E-state index contributed by atoms with van der Waals surface area (Å²) in [4.78, 5) is 2.41. The van der Waals surface area contributed by atoms with Crippen LogP contribution in [0.2, 0.25) is 0 Å². The van der Waals surface area contributed by atoms with Crippen LogP contribution in [0.3, 0.4) is 0 Å². The summed E-state index contributed by atoms with van der Waals surface area (Å²) in [6, 6.07) is 2.79. The quantitative estimate of drug-likeness (QED) is 0.709. The molecule has 1 aromatic heterocycles. The lowest BCUT2D eigenvalue weighted by Crippen LogP contribution is -2.23. The van der Waals surface area contributed by atoms with Gasteiger partial charge >= 0.3 is 0 Å². The van der Waals surface area contributed by atoms with E-state index in [0.29, 0.717) is 5.41 Å². The second-order valence-electron chi connectivity index (χ2n) is 4.76. The van der Waals surface area contributed by atoms with Crippen LogP contribution in [-0.2, 0) is 6.54 Å². The van der Waals surface area contributed by atoms with E-state index in [0.717, 1.165) is 12.6 Å². The summed E-state index contributed by atoms with van der Waals surface area (Å²) in [5.74, 6) is 0. The van der Waals surface area contributed by atoms with Crippen LogP contribution >= 0.6 is 0 Å². The van der Waals surface area contributed by atoms with Gasteiger partial charge in [0.05, 0.1) is 12.5 Å². The molecule has 0 amide bonds. The molecular weight excluding hydrogens is 162 g/mol. The van der Waals surface area contributed by atoms with E-state index >= 15 is 0 Å². The van der Waals surface area contributed by atoms with Crippen LogP contribution < -0.4 is 0 Å². The SMILES string of the molecule is CN(Cc1ccoc1)C1CC1(C)C. The first-order valence-electron chi connectivity index (χ1n) is 4.81. The molecule has 2 heteroatoms. The van der Waals surface area contributed by atoms with Crippen molar-refractivity contribution in [3.8, 4) is 0 Å². The smallest absolute Gasteiger partial charge is 0.0947 e. The molecule has 1 unspecified atom stereocenters. The Hall–Kier alpha value is -0.760. The second-order valence-corrected chi connectivity index (χ2v) is 4.76. The largest absolute Gasteiger partial charge is 0.472 e. The molecule has 0 aliphatic heterocycles. The van der Waals surface area contributed by atoms with Crippen molar-refractivity contribution in [2.24, 2.45) is 5.41 Å². The average molecular weight is 179 g/mol. The summed E-state index contributed by atoms with van der Waals surface area (Å²) < 4.78 is 5.04. The predicted molar refractivity (Wildman–Crippen MR) is 52.4 cm³/mol.